The molecule has 118 valence electrons. The Hall–Kier alpha value is -1.89. The van der Waals surface area contributed by atoms with E-state index in [-0.39, 0.29) is 4.90 Å². The minimum Gasteiger partial charge on any atom is -0.280 e. The lowest BCUT2D eigenvalue weighted by atomic mass is 10.1. The van der Waals surface area contributed by atoms with Gasteiger partial charge in [-0.25, -0.2) is 13.4 Å². The summed E-state index contributed by atoms with van der Waals surface area (Å²) in [7, 11) is -3.63. The van der Waals surface area contributed by atoms with Crippen LogP contribution in [0.1, 0.15) is 5.01 Å². The molecular weight excluding hydrogens is 352 g/mol. The van der Waals surface area contributed by atoms with Crippen LogP contribution in [0, 0.1) is 6.92 Å². The molecule has 3 rings (SSSR count). The average molecular weight is 365 g/mol. The van der Waals surface area contributed by atoms with Crippen molar-refractivity contribution in [3.8, 4) is 11.3 Å². The normalized spacial score (nSPS) is 11.4. The van der Waals surface area contributed by atoms with E-state index < -0.39 is 10.0 Å². The summed E-state index contributed by atoms with van der Waals surface area (Å²) in [5.74, 6) is 0. The van der Waals surface area contributed by atoms with E-state index in [4.69, 9.17) is 11.6 Å². The summed E-state index contributed by atoms with van der Waals surface area (Å²) in [6, 6.07) is 13.2. The molecule has 2 aromatic carbocycles. The van der Waals surface area contributed by atoms with E-state index in [9.17, 15) is 8.42 Å². The molecular formula is C16H13ClN2O2S2. The van der Waals surface area contributed by atoms with E-state index in [0.29, 0.717) is 10.7 Å². The van der Waals surface area contributed by atoms with Gasteiger partial charge in [-0.15, -0.1) is 11.3 Å². The van der Waals surface area contributed by atoms with Crippen molar-refractivity contribution in [1.82, 2.24) is 4.98 Å². The Morgan fingerprint density at radius 2 is 1.70 bits per heavy atom. The molecule has 0 radical (unpaired) electrons. The summed E-state index contributed by atoms with van der Waals surface area (Å²) in [5.41, 5.74) is 2.33. The first-order chi connectivity index (χ1) is 10.9. The zero-order valence-electron chi connectivity index (χ0n) is 12.2. The van der Waals surface area contributed by atoms with Gasteiger partial charge < -0.3 is 0 Å². The van der Waals surface area contributed by atoms with E-state index >= 15 is 0 Å². The highest BCUT2D eigenvalue weighted by Gasteiger charge is 2.14. The lowest BCUT2D eigenvalue weighted by Gasteiger charge is -2.08. The topological polar surface area (TPSA) is 59.1 Å². The number of hydrogen-bond donors (Lipinski definition) is 1. The molecule has 4 nitrogen and oxygen atoms in total. The fourth-order valence-corrected chi connectivity index (χ4v) is 3.84. The van der Waals surface area contributed by atoms with Gasteiger partial charge in [-0.1, -0.05) is 23.7 Å². The van der Waals surface area contributed by atoms with Gasteiger partial charge in [0, 0.05) is 21.7 Å². The number of rotatable bonds is 4. The van der Waals surface area contributed by atoms with E-state index in [1.54, 1.807) is 35.6 Å². The summed E-state index contributed by atoms with van der Waals surface area (Å²) in [6.45, 7) is 1.95. The Balaban J connectivity index is 1.81. The highest BCUT2D eigenvalue weighted by molar-refractivity contribution is 7.92. The second kappa shape index (κ2) is 6.31. The maximum Gasteiger partial charge on any atom is 0.261 e. The van der Waals surface area contributed by atoms with Crippen molar-refractivity contribution in [3.63, 3.8) is 0 Å². The fourth-order valence-electron chi connectivity index (χ4n) is 2.03. The molecule has 0 fully saturated rings. The Labute approximate surface area is 143 Å². The van der Waals surface area contributed by atoms with Crippen LogP contribution in [0.4, 0.5) is 5.69 Å². The van der Waals surface area contributed by atoms with Crippen LogP contribution in [0.3, 0.4) is 0 Å². The van der Waals surface area contributed by atoms with Gasteiger partial charge in [0.05, 0.1) is 15.6 Å². The Morgan fingerprint density at radius 3 is 2.26 bits per heavy atom. The number of halogens is 1. The summed E-state index contributed by atoms with van der Waals surface area (Å²) in [6.07, 6.45) is 0. The molecule has 23 heavy (non-hydrogen) atoms. The van der Waals surface area contributed by atoms with Crippen molar-refractivity contribution in [2.45, 2.75) is 11.8 Å². The Morgan fingerprint density at radius 1 is 1.04 bits per heavy atom. The third-order valence-corrected chi connectivity index (χ3v) is 5.60. The average Bonchev–Trinajstić information content (AvgIpc) is 2.95. The largest absolute Gasteiger partial charge is 0.280 e. The molecule has 1 heterocycles. The monoisotopic (exact) mass is 364 g/mol. The zero-order valence-corrected chi connectivity index (χ0v) is 14.5. The van der Waals surface area contributed by atoms with Crippen molar-refractivity contribution in [3.05, 3.63) is 63.9 Å². The van der Waals surface area contributed by atoms with E-state index in [0.717, 1.165) is 16.3 Å². The maximum atomic E-state index is 12.3. The van der Waals surface area contributed by atoms with Crippen molar-refractivity contribution in [2.24, 2.45) is 0 Å². The first-order valence-corrected chi connectivity index (χ1v) is 9.49. The Bertz CT molecular complexity index is 917. The van der Waals surface area contributed by atoms with Gasteiger partial charge in [-0.05, 0) is 43.3 Å². The van der Waals surface area contributed by atoms with Crippen molar-refractivity contribution in [2.75, 3.05) is 4.72 Å². The van der Waals surface area contributed by atoms with Gasteiger partial charge in [-0.3, -0.25) is 4.72 Å². The predicted octanol–water partition coefficient (Wildman–Crippen LogP) is 4.57. The molecule has 0 amide bonds. The standard InChI is InChI=1S/C16H13ClN2O2S2/c1-11-18-16(10-22-11)12-2-6-14(7-3-12)19-23(20,21)15-8-4-13(17)5-9-15/h2-10,19H,1H3. The van der Waals surface area contributed by atoms with E-state index in [1.807, 2.05) is 24.4 Å². The molecule has 0 aliphatic carbocycles. The summed E-state index contributed by atoms with van der Waals surface area (Å²) >= 11 is 7.36. The number of nitrogens with zero attached hydrogens (tertiary/aromatic N) is 1. The SMILES string of the molecule is Cc1nc(-c2ccc(NS(=O)(=O)c3ccc(Cl)cc3)cc2)cs1. The van der Waals surface area contributed by atoms with Gasteiger partial charge in [0.25, 0.3) is 10.0 Å². The number of hydrogen-bond acceptors (Lipinski definition) is 4. The fraction of sp³-hybridized carbons (Fsp3) is 0.0625. The summed E-state index contributed by atoms with van der Waals surface area (Å²) in [4.78, 5) is 4.58. The number of anilines is 1. The van der Waals surface area contributed by atoms with Crippen LogP contribution in [-0.2, 0) is 10.0 Å². The third-order valence-electron chi connectivity index (χ3n) is 3.18. The van der Waals surface area contributed by atoms with Crippen LogP contribution >= 0.6 is 22.9 Å². The molecule has 1 aromatic heterocycles. The molecule has 3 aromatic rings. The second-order valence-corrected chi connectivity index (χ2v) is 8.07. The highest BCUT2D eigenvalue weighted by Crippen LogP contribution is 2.24. The number of aryl methyl sites for hydroxylation is 1. The van der Waals surface area contributed by atoms with E-state index in [2.05, 4.69) is 9.71 Å². The molecule has 0 aliphatic heterocycles. The first-order valence-electron chi connectivity index (χ1n) is 6.75. The first kappa shape index (κ1) is 16.0. The van der Waals surface area contributed by atoms with Crippen LogP contribution < -0.4 is 4.72 Å². The van der Waals surface area contributed by atoms with Gasteiger partial charge >= 0.3 is 0 Å². The number of aromatic nitrogens is 1. The third kappa shape index (κ3) is 3.72. The van der Waals surface area contributed by atoms with Gasteiger partial charge in [0.15, 0.2) is 0 Å². The quantitative estimate of drug-likeness (QED) is 0.737. The van der Waals surface area contributed by atoms with Gasteiger partial charge in [0.2, 0.25) is 0 Å². The summed E-state index contributed by atoms with van der Waals surface area (Å²) < 4.78 is 27.2. The minimum atomic E-state index is -3.63. The maximum absolute atomic E-state index is 12.3. The van der Waals surface area contributed by atoms with Crippen LogP contribution in [0.2, 0.25) is 5.02 Å². The lowest BCUT2D eigenvalue weighted by molar-refractivity contribution is 0.601. The second-order valence-electron chi connectivity index (χ2n) is 4.89. The van der Waals surface area contributed by atoms with E-state index in [1.165, 1.54) is 12.1 Å². The van der Waals surface area contributed by atoms with Crippen LogP contribution in [-0.4, -0.2) is 13.4 Å². The van der Waals surface area contributed by atoms with Crippen LogP contribution in [0.5, 0.6) is 0 Å². The minimum absolute atomic E-state index is 0.168. The van der Waals surface area contributed by atoms with Gasteiger partial charge in [0.1, 0.15) is 0 Å². The molecule has 0 aliphatic rings. The number of nitrogens with one attached hydrogen (secondary N) is 1. The van der Waals surface area contributed by atoms with Crippen molar-refractivity contribution >= 4 is 38.6 Å². The smallest absolute Gasteiger partial charge is 0.261 e. The number of thiazole rings is 1. The number of benzene rings is 2. The zero-order chi connectivity index (χ0) is 16.4. The molecule has 0 saturated carbocycles. The number of sulfonamides is 1. The van der Waals surface area contributed by atoms with Crippen molar-refractivity contribution < 1.29 is 8.42 Å². The van der Waals surface area contributed by atoms with Gasteiger partial charge in [-0.2, -0.15) is 0 Å². The molecule has 0 spiro atoms. The summed E-state index contributed by atoms with van der Waals surface area (Å²) in [5, 5.41) is 3.46. The van der Waals surface area contributed by atoms with Crippen LogP contribution in [0.25, 0.3) is 11.3 Å². The molecule has 7 heteroatoms. The Kier molecular flexibility index (Phi) is 4.39. The lowest BCUT2D eigenvalue weighted by Crippen LogP contribution is -2.12. The molecule has 0 saturated heterocycles. The molecule has 0 atom stereocenters. The van der Waals surface area contributed by atoms with Crippen molar-refractivity contribution in [1.29, 1.82) is 0 Å². The highest BCUT2D eigenvalue weighted by atomic mass is 35.5. The molecule has 1 N–H and O–H groups in total. The molecule has 0 bridgehead atoms. The predicted molar refractivity (Wildman–Crippen MR) is 94.5 cm³/mol. The molecule has 0 unspecified atom stereocenters. The van der Waals surface area contributed by atoms with Crippen LogP contribution in [0.15, 0.2) is 58.8 Å².